The molecular formula is C22H29N5O2. The van der Waals surface area contributed by atoms with E-state index < -0.39 is 0 Å². The fourth-order valence-corrected chi connectivity index (χ4v) is 4.44. The Morgan fingerprint density at radius 3 is 2.79 bits per heavy atom. The molecular weight excluding hydrogens is 366 g/mol. The van der Waals surface area contributed by atoms with Crippen molar-refractivity contribution in [2.24, 2.45) is 0 Å². The summed E-state index contributed by atoms with van der Waals surface area (Å²) >= 11 is 0. The molecule has 4 rings (SSSR count). The Balaban J connectivity index is 1.51. The van der Waals surface area contributed by atoms with E-state index in [-0.39, 0.29) is 17.9 Å². The molecule has 29 heavy (non-hydrogen) atoms. The number of nitrogens with zero attached hydrogens (tertiary/aromatic N) is 4. The summed E-state index contributed by atoms with van der Waals surface area (Å²) in [6, 6.07) is 7.83. The van der Waals surface area contributed by atoms with Gasteiger partial charge in [-0.25, -0.2) is 4.98 Å². The Bertz CT molecular complexity index is 906. The molecule has 7 heteroatoms. The lowest BCUT2D eigenvalue weighted by Gasteiger charge is -2.35. The fraction of sp³-hybridized carbons (Fsp3) is 0.500. The van der Waals surface area contributed by atoms with Crippen LogP contribution in [0.3, 0.4) is 0 Å². The number of likely N-dealkylation sites (tertiary alicyclic amines) is 1. The molecule has 0 unspecified atom stereocenters. The van der Waals surface area contributed by atoms with Crippen molar-refractivity contribution in [2.45, 2.75) is 45.2 Å². The molecule has 0 bridgehead atoms. The van der Waals surface area contributed by atoms with E-state index in [4.69, 9.17) is 0 Å². The van der Waals surface area contributed by atoms with Crippen LogP contribution in [-0.2, 0) is 22.6 Å². The van der Waals surface area contributed by atoms with E-state index in [0.29, 0.717) is 13.1 Å². The molecule has 1 fully saturated rings. The van der Waals surface area contributed by atoms with Crippen LogP contribution in [0.2, 0.25) is 0 Å². The normalized spacial score (nSPS) is 20.1. The van der Waals surface area contributed by atoms with Gasteiger partial charge in [0.2, 0.25) is 11.8 Å². The van der Waals surface area contributed by atoms with E-state index in [9.17, 15) is 9.59 Å². The molecule has 0 aliphatic carbocycles. The van der Waals surface area contributed by atoms with Gasteiger partial charge in [-0.15, -0.1) is 0 Å². The molecule has 0 radical (unpaired) electrons. The maximum atomic E-state index is 13.1. The van der Waals surface area contributed by atoms with Crippen LogP contribution in [0.1, 0.15) is 32.0 Å². The maximum absolute atomic E-state index is 13.1. The molecule has 1 atom stereocenters. The van der Waals surface area contributed by atoms with Crippen molar-refractivity contribution in [1.82, 2.24) is 19.4 Å². The third-order valence-corrected chi connectivity index (χ3v) is 5.98. The number of carbonyl (C=O) groups is 2. The monoisotopic (exact) mass is 395 g/mol. The minimum atomic E-state index is -0.0869. The summed E-state index contributed by atoms with van der Waals surface area (Å²) < 4.78 is 2.21. The topological polar surface area (TPSA) is 70.5 Å². The van der Waals surface area contributed by atoms with Gasteiger partial charge in [0.05, 0.1) is 17.9 Å². The van der Waals surface area contributed by atoms with Gasteiger partial charge in [-0.1, -0.05) is 18.6 Å². The van der Waals surface area contributed by atoms with E-state index in [1.807, 2.05) is 35.4 Å². The predicted octanol–water partition coefficient (Wildman–Crippen LogP) is 2.38. The van der Waals surface area contributed by atoms with E-state index in [1.54, 1.807) is 0 Å². The lowest BCUT2D eigenvalue weighted by molar-refractivity contribution is -0.137. The van der Waals surface area contributed by atoms with Gasteiger partial charge < -0.3 is 14.8 Å². The second kappa shape index (κ2) is 8.37. The Morgan fingerprint density at radius 1 is 1.14 bits per heavy atom. The van der Waals surface area contributed by atoms with Gasteiger partial charge in [0, 0.05) is 44.2 Å². The number of fused-ring (bicyclic) bond motifs is 1. The number of aromatic nitrogens is 2. The first-order chi connectivity index (χ1) is 14.0. The Hall–Kier alpha value is -2.67. The first-order valence-corrected chi connectivity index (χ1v) is 10.4. The van der Waals surface area contributed by atoms with Gasteiger partial charge in [-0.05, 0) is 38.6 Å². The molecule has 0 spiro atoms. The maximum Gasteiger partial charge on any atom is 0.239 e. The van der Waals surface area contributed by atoms with E-state index in [0.717, 1.165) is 55.1 Å². The van der Waals surface area contributed by atoms with Gasteiger partial charge in [-0.3, -0.25) is 14.5 Å². The number of hydrogen-bond donors (Lipinski definition) is 1. The van der Waals surface area contributed by atoms with Crippen LogP contribution < -0.4 is 5.32 Å². The molecule has 2 aromatic rings. The third-order valence-electron chi connectivity index (χ3n) is 5.98. The first-order valence-electron chi connectivity index (χ1n) is 10.4. The molecule has 2 amide bonds. The molecule has 0 saturated carbocycles. The highest BCUT2D eigenvalue weighted by atomic mass is 16.2. The van der Waals surface area contributed by atoms with Gasteiger partial charge in [0.15, 0.2) is 0 Å². The average Bonchev–Trinajstić information content (AvgIpc) is 2.99. The summed E-state index contributed by atoms with van der Waals surface area (Å²) in [6.07, 6.45) is 5.92. The molecule has 1 saturated heterocycles. The van der Waals surface area contributed by atoms with E-state index >= 15 is 0 Å². The van der Waals surface area contributed by atoms with Crippen molar-refractivity contribution in [3.05, 3.63) is 36.3 Å². The number of rotatable bonds is 3. The highest BCUT2D eigenvalue weighted by molar-refractivity contribution is 5.89. The summed E-state index contributed by atoms with van der Waals surface area (Å²) in [7, 11) is 2.06. The summed E-state index contributed by atoms with van der Waals surface area (Å²) in [4.78, 5) is 33.3. The molecule has 1 N–H and O–H groups in total. The smallest absolute Gasteiger partial charge is 0.239 e. The number of likely N-dealkylation sites (N-methyl/N-ethyl adjacent to an activating group) is 1. The Labute approximate surface area is 171 Å². The number of benzene rings is 1. The zero-order valence-electron chi connectivity index (χ0n) is 17.2. The highest BCUT2D eigenvalue weighted by Gasteiger charge is 2.31. The van der Waals surface area contributed by atoms with E-state index in [1.165, 1.54) is 13.3 Å². The van der Waals surface area contributed by atoms with Gasteiger partial charge in [-0.2, -0.15) is 0 Å². The number of anilines is 1. The molecule has 154 valence electrons. The third kappa shape index (κ3) is 4.19. The molecule has 2 aliphatic rings. The lowest BCUT2D eigenvalue weighted by atomic mass is 10.0. The zero-order chi connectivity index (χ0) is 20.4. The second-order valence-corrected chi connectivity index (χ2v) is 8.04. The van der Waals surface area contributed by atoms with Crippen molar-refractivity contribution in [2.75, 3.05) is 32.0 Å². The molecule has 3 heterocycles. The first kappa shape index (κ1) is 19.6. The minimum absolute atomic E-state index is 0.0166. The Kier molecular flexibility index (Phi) is 5.67. The van der Waals surface area contributed by atoms with Crippen LogP contribution in [-0.4, -0.2) is 63.9 Å². The SMILES string of the molecule is CC(=O)Nc1cccc(-c2cnc3n2CCN(C(=O)[C@@H]2CCCCN2C)CC3)c1. The second-order valence-electron chi connectivity index (χ2n) is 8.04. The number of hydrogen-bond acceptors (Lipinski definition) is 4. The Morgan fingerprint density at radius 2 is 2.00 bits per heavy atom. The van der Waals surface area contributed by atoms with Crippen LogP contribution in [0.25, 0.3) is 11.3 Å². The summed E-state index contributed by atoms with van der Waals surface area (Å²) in [5.74, 6) is 1.18. The molecule has 7 nitrogen and oxygen atoms in total. The number of amides is 2. The number of imidazole rings is 1. The van der Waals surface area contributed by atoms with Crippen LogP contribution in [0.4, 0.5) is 5.69 Å². The quantitative estimate of drug-likeness (QED) is 0.866. The number of carbonyl (C=O) groups excluding carboxylic acids is 2. The number of piperidine rings is 1. The van der Waals surface area contributed by atoms with Crippen LogP contribution in [0, 0.1) is 0 Å². The van der Waals surface area contributed by atoms with Crippen LogP contribution in [0.15, 0.2) is 30.5 Å². The van der Waals surface area contributed by atoms with Crippen molar-refractivity contribution in [3.8, 4) is 11.3 Å². The van der Waals surface area contributed by atoms with Crippen molar-refractivity contribution in [3.63, 3.8) is 0 Å². The van der Waals surface area contributed by atoms with Gasteiger partial charge in [0.1, 0.15) is 5.82 Å². The van der Waals surface area contributed by atoms with Crippen LogP contribution >= 0.6 is 0 Å². The predicted molar refractivity (Wildman–Crippen MR) is 113 cm³/mol. The van der Waals surface area contributed by atoms with Crippen LogP contribution in [0.5, 0.6) is 0 Å². The minimum Gasteiger partial charge on any atom is -0.339 e. The highest BCUT2D eigenvalue weighted by Crippen LogP contribution is 2.26. The summed E-state index contributed by atoms with van der Waals surface area (Å²) in [6.45, 7) is 4.65. The zero-order valence-corrected chi connectivity index (χ0v) is 17.2. The van der Waals surface area contributed by atoms with E-state index in [2.05, 4.69) is 26.8 Å². The van der Waals surface area contributed by atoms with Gasteiger partial charge in [0.25, 0.3) is 0 Å². The van der Waals surface area contributed by atoms with Crippen molar-refractivity contribution < 1.29 is 9.59 Å². The lowest BCUT2D eigenvalue weighted by Crippen LogP contribution is -2.50. The molecule has 2 aliphatic heterocycles. The van der Waals surface area contributed by atoms with Crippen molar-refractivity contribution in [1.29, 1.82) is 0 Å². The fourth-order valence-electron chi connectivity index (χ4n) is 4.44. The summed E-state index contributed by atoms with van der Waals surface area (Å²) in [5, 5.41) is 2.84. The standard InChI is InChI=1S/C22H29N5O2/c1-16(28)24-18-7-5-6-17(14-18)20-15-23-21-9-11-26(12-13-27(20)21)22(29)19-8-3-4-10-25(19)2/h5-7,14-15,19H,3-4,8-13H2,1-2H3,(H,24,28)/t19-/m0/s1. The number of nitrogens with one attached hydrogen (secondary N) is 1. The molecule has 1 aromatic heterocycles. The summed E-state index contributed by atoms with van der Waals surface area (Å²) in [5.41, 5.74) is 2.81. The average molecular weight is 396 g/mol. The molecule has 1 aromatic carbocycles. The van der Waals surface area contributed by atoms with Gasteiger partial charge >= 0.3 is 0 Å². The largest absolute Gasteiger partial charge is 0.339 e. The van der Waals surface area contributed by atoms with Crippen molar-refractivity contribution >= 4 is 17.5 Å².